The van der Waals surface area contributed by atoms with Gasteiger partial charge < -0.3 is 19.4 Å². The normalized spacial score (nSPS) is 15.1. The molecule has 3 heterocycles. The predicted octanol–water partition coefficient (Wildman–Crippen LogP) is 3.96. The lowest BCUT2D eigenvalue weighted by Gasteiger charge is -2.34. The van der Waals surface area contributed by atoms with Gasteiger partial charge in [-0.15, -0.1) is 0 Å². The summed E-state index contributed by atoms with van der Waals surface area (Å²) in [5.41, 5.74) is 4.06. The standard InChI is InChI=1S/C25H27N5O2/c1-31-21-15-19-20(16-22(21)32-2)28-24-23(19)26-17-27-25(24)30-13-11-29(12-14-30)10-6-9-18-7-4-3-5-8-18/h3-9,15-17,28H,10-14H2,1-2H3/b9-6+. The van der Waals surface area contributed by atoms with E-state index in [4.69, 9.17) is 9.47 Å². The van der Waals surface area contributed by atoms with Crippen LogP contribution in [0.1, 0.15) is 5.56 Å². The van der Waals surface area contributed by atoms with Crippen LogP contribution in [0.25, 0.3) is 28.0 Å². The Bertz CT molecular complexity index is 1240. The Morgan fingerprint density at radius 2 is 1.72 bits per heavy atom. The lowest BCUT2D eigenvalue weighted by Crippen LogP contribution is -2.46. The van der Waals surface area contributed by atoms with Crippen molar-refractivity contribution in [3.8, 4) is 11.5 Å². The highest BCUT2D eigenvalue weighted by Crippen LogP contribution is 2.36. The number of ether oxygens (including phenoxy) is 2. The summed E-state index contributed by atoms with van der Waals surface area (Å²) in [5.74, 6) is 2.33. The van der Waals surface area contributed by atoms with E-state index in [1.54, 1.807) is 20.5 Å². The van der Waals surface area contributed by atoms with E-state index < -0.39 is 0 Å². The molecule has 1 saturated heterocycles. The van der Waals surface area contributed by atoms with E-state index in [2.05, 4.69) is 61.2 Å². The van der Waals surface area contributed by atoms with Crippen molar-refractivity contribution in [1.29, 1.82) is 0 Å². The van der Waals surface area contributed by atoms with Crippen LogP contribution in [0.2, 0.25) is 0 Å². The molecule has 0 radical (unpaired) electrons. The number of nitrogens with zero attached hydrogens (tertiary/aromatic N) is 4. The fourth-order valence-electron chi connectivity index (χ4n) is 4.29. The maximum Gasteiger partial charge on any atom is 0.162 e. The molecule has 7 heteroatoms. The number of methoxy groups -OCH3 is 2. The van der Waals surface area contributed by atoms with Gasteiger partial charge in [-0.25, -0.2) is 9.97 Å². The molecule has 1 aliphatic heterocycles. The smallest absolute Gasteiger partial charge is 0.162 e. The summed E-state index contributed by atoms with van der Waals surface area (Å²) in [7, 11) is 3.29. The number of H-pyrrole nitrogens is 1. The first-order chi connectivity index (χ1) is 15.8. The number of hydrogen-bond donors (Lipinski definition) is 1. The summed E-state index contributed by atoms with van der Waals surface area (Å²) in [6, 6.07) is 14.4. The minimum absolute atomic E-state index is 0.693. The minimum atomic E-state index is 0.693. The number of piperazine rings is 1. The molecule has 2 aromatic heterocycles. The molecule has 164 valence electrons. The van der Waals surface area contributed by atoms with Crippen LogP contribution in [-0.2, 0) is 0 Å². The Morgan fingerprint density at radius 3 is 2.47 bits per heavy atom. The van der Waals surface area contributed by atoms with Gasteiger partial charge in [0.1, 0.15) is 17.4 Å². The van der Waals surface area contributed by atoms with Gasteiger partial charge in [0.05, 0.1) is 19.7 Å². The molecular weight excluding hydrogens is 402 g/mol. The summed E-state index contributed by atoms with van der Waals surface area (Å²) in [5, 5.41) is 1.01. The van der Waals surface area contributed by atoms with E-state index in [0.717, 1.165) is 60.5 Å². The Labute approximate surface area is 187 Å². The van der Waals surface area contributed by atoms with E-state index >= 15 is 0 Å². The van der Waals surface area contributed by atoms with Gasteiger partial charge in [0.25, 0.3) is 0 Å². The Balaban J connectivity index is 1.33. The third-order valence-electron chi connectivity index (χ3n) is 6.01. The average molecular weight is 430 g/mol. The maximum atomic E-state index is 5.48. The minimum Gasteiger partial charge on any atom is -0.493 e. The molecule has 0 saturated carbocycles. The first kappa shape index (κ1) is 20.3. The van der Waals surface area contributed by atoms with Gasteiger partial charge in [0, 0.05) is 44.2 Å². The molecule has 7 nitrogen and oxygen atoms in total. The third-order valence-corrected chi connectivity index (χ3v) is 6.01. The van der Waals surface area contributed by atoms with Gasteiger partial charge in [-0.3, -0.25) is 4.90 Å². The number of nitrogens with one attached hydrogen (secondary N) is 1. The Hall–Kier alpha value is -3.58. The van der Waals surface area contributed by atoms with Crippen LogP contribution >= 0.6 is 0 Å². The largest absolute Gasteiger partial charge is 0.493 e. The zero-order valence-electron chi connectivity index (χ0n) is 18.4. The predicted molar refractivity (Wildman–Crippen MR) is 129 cm³/mol. The van der Waals surface area contributed by atoms with Crippen molar-refractivity contribution < 1.29 is 9.47 Å². The van der Waals surface area contributed by atoms with Gasteiger partial charge in [-0.2, -0.15) is 0 Å². The summed E-state index contributed by atoms with van der Waals surface area (Å²) in [6.07, 6.45) is 6.08. The Morgan fingerprint density at radius 1 is 0.969 bits per heavy atom. The van der Waals surface area contributed by atoms with E-state index in [-0.39, 0.29) is 0 Å². The molecule has 1 fully saturated rings. The molecule has 32 heavy (non-hydrogen) atoms. The molecule has 0 aliphatic carbocycles. The number of aromatic nitrogens is 3. The van der Waals surface area contributed by atoms with Crippen molar-refractivity contribution >= 4 is 33.8 Å². The van der Waals surface area contributed by atoms with Crippen LogP contribution in [-0.4, -0.2) is 66.8 Å². The highest BCUT2D eigenvalue weighted by atomic mass is 16.5. The van der Waals surface area contributed by atoms with Crippen molar-refractivity contribution in [1.82, 2.24) is 19.9 Å². The second kappa shape index (κ2) is 8.88. The molecule has 0 spiro atoms. The second-order valence-electron chi connectivity index (χ2n) is 7.90. The van der Waals surface area contributed by atoms with Crippen molar-refractivity contribution in [2.45, 2.75) is 0 Å². The van der Waals surface area contributed by atoms with E-state index in [1.165, 1.54) is 5.56 Å². The van der Waals surface area contributed by atoms with E-state index in [0.29, 0.717) is 11.5 Å². The first-order valence-electron chi connectivity index (χ1n) is 10.8. The van der Waals surface area contributed by atoms with Gasteiger partial charge in [0.15, 0.2) is 17.3 Å². The fourth-order valence-corrected chi connectivity index (χ4v) is 4.29. The lowest BCUT2D eigenvalue weighted by molar-refractivity contribution is 0.284. The van der Waals surface area contributed by atoms with Crippen LogP contribution in [0.5, 0.6) is 11.5 Å². The van der Waals surface area contributed by atoms with Crippen LogP contribution in [0.3, 0.4) is 0 Å². The average Bonchev–Trinajstić information content (AvgIpc) is 3.22. The first-order valence-corrected chi connectivity index (χ1v) is 10.8. The van der Waals surface area contributed by atoms with Gasteiger partial charge >= 0.3 is 0 Å². The van der Waals surface area contributed by atoms with Crippen LogP contribution in [0.15, 0.2) is 54.9 Å². The summed E-state index contributed by atoms with van der Waals surface area (Å²) < 4.78 is 10.9. The molecule has 1 N–H and O–H groups in total. The monoisotopic (exact) mass is 429 g/mol. The molecule has 2 aromatic carbocycles. The highest BCUT2D eigenvalue weighted by Gasteiger charge is 2.21. The SMILES string of the molecule is COc1cc2[nH]c3c(N4CCN(C/C=C/c5ccccc5)CC4)ncnc3c2cc1OC. The zero-order chi connectivity index (χ0) is 21.9. The number of anilines is 1. The fraction of sp³-hybridized carbons (Fsp3) is 0.280. The summed E-state index contributed by atoms with van der Waals surface area (Å²) in [4.78, 5) is 17.5. The van der Waals surface area contributed by atoms with Crippen molar-refractivity contribution in [2.24, 2.45) is 0 Å². The molecule has 4 aromatic rings. The number of hydrogen-bond acceptors (Lipinski definition) is 6. The molecule has 0 unspecified atom stereocenters. The summed E-state index contributed by atoms with van der Waals surface area (Å²) >= 11 is 0. The summed E-state index contributed by atoms with van der Waals surface area (Å²) in [6.45, 7) is 4.79. The van der Waals surface area contributed by atoms with Crippen molar-refractivity contribution in [3.05, 3.63) is 60.4 Å². The topological polar surface area (TPSA) is 66.5 Å². The quantitative estimate of drug-likeness (QED) is 0.500. The molecule has 5 rings (SSSR count). The van der Waals surface area contributed by atoms with Crippen LogP contribution in [0, 0.1) is 0 Å². The maximum absolute atomic E-state index is 5.48. The number of aromatic amines is 1. The lowest BCUT2D eigenvalue weighted by atomic mass is 10.2. The second-order valence-corrected chi connectivity index (χ2v) is 7.90. The van der Waals surface area contributed by atoms with E-state index in [1.807, 2.05) is 18.2 Å². The van der Waals surface area contributed by atoms with Gasteiger partial charge in [0.2, 0.25) is 0 Å². The molecular formula is C25H27N5O2. The number of benzene rings is 2. The number of rotatable bonds is 6. The molecule has 0 bridgehead atoms. The zero-order valence-corrected chi connectivity index (χ0v) is 18.4. The third kappa shape index (κ3) is 3.87. The van der Waals surface area contributed by atoms with Crippen LogP contribution < -0.4 is 14.4 Å². The van der Waals surface area contributed by atoms with Crippen LogP contribution in [0.4, 0.5) is 5.82 Å². The van der Waals surface area contributed by atoms with Crippen molar-refractivity contribution in [3.63, 3.8) is 0 Å². The van der Waals surface area contributed by atoms with E-state index in [9.17, 15) is 0 Å². The molecule has 0 amide bonds. The number of fused-ring (bicyclic) bond motifs is 3. The van der Waals surface area contributed by atoms with Gasteiger partial charge in [-0.05, 0) is 11.6 Å². The van der Waals surface area contributed by atoms with Crippen molar-refractivity contribution in [2.75, 3.05) is 51.8 Å². The Kier molecular flexibility index (Phi) is 5.64. The highest BCUT2D eigenvalue weighted by molar-refractivity contribution is 6.09. The molecule has 1 aliphatic rings. The molecule has 0 atom stereocenters. The van der Waals surface area contributed by atoms with Gasteiger partial charge in [-0.1, -0.05) is 42.5 Å².